The van der Waals surface area contributed by atoms with Gasteiger partial charge in [0.25, 0.3) is 0 Å². The van der Waals surface area contributed by atoms with Crippen LogP contribution >= 0.6 is 0 Å². The monoisotopic (exact) mass is 596 g/mol. The molecule has 9 aromatic carbocycles. The number of hydrogen-bond donors (Lipinski definition) is 0. The molecule has 0 atom stereocenters. The molecule has 9 aromatic rings. The van der Waals surface area contributed by atoms with Crippen molar-refractivity contribution in [3.63, 3.8) is 0 Å². The summed E-state index contributed by atoms with van der Waals surface area (Å²) in [5.74, 6) is 0. The zero-order chi connectivity index (χ0) is 31.3. The highest BCUT2D eigenvalue weighted by Gasteiger charge is 2.20. The second kappa shape index (κ2) is 11.1. The molecule has 0 unspecified atom stereocenters. The van der Waals surface area contributed by atoms with Gasteiger partial charge in [-0.05, 0) is 101 Å². The van der Waals surface area contributed by atoms with Crippen molar-refractivity contribution in [2.45, 2.75) is 6.92 Å². The predicted molar refractivity (Wildman–Crippen MR) is 203 cm³/mol. The number of aryl methyl sites for hydroxylation is 1. The van der Waals surface area contributed by atoms with E-state index in [0.29, 0.717) is 0 Å². The number of rotatable bonds is 4. The van der Waals surface area contributed by atoms with Gasteiger partial charge < -0.3 is 0 Å². The molecule has 0 heterocycles. The molecule has 0 saturated carbocycles. The SMILES string of the molecule is Cc1ccc(-c2c3ccccc3c(-c3cc(-c4cccc5ccccc45)ccc3-c3cccc4ccccc34)c3ccccc23)cc1. The maximum Gasteiger partial charge on any atom is -0.00199 e. The minimum absolute atomic E-state index is 1.22. The third-order valence-electron chi connectivity index (χ3n) is 9.74. The van der Waals surface area contributed by atoms with E-state index in [0.717, 1.165) is 0 Å². The molecule has 0 bridgehead atoms. The third kappa shape index (κ3) is 4.53. The van der Waals surface area contributed by atoms with Crippen LogP contribution in [0.4, 0.5) is 0 Å². The average Bonchev–Trinajstić information content (AvgIpc) is 3.13. The first-order chi connectivity index (χ1) is 23.2. The first-order valence-corrected chi connectivity index (χ1v) is 16.4. The lowest BCUT2D eigenvalue weighted by atomic mass is 9.82. The zero-order valence-corrected chi connectivity index (χ0v) is 26.2. The van der Waals surface area contributed by atoms with Crippen LogP contribution in [0.1, 0.15) is 5.56 Å². The summed E-state index contributed by atoms with van der Waals surface area (Å²) in [7, 11) is 0. The number of hydrogen-bond acceptors (Lipinski definition) is 0. The van der Waals surface area contributed by atoms with Crippen LogP contribution in [-0.2, 0) is 0 Å². The highest BCUT2D eigenvalue weighted by molar-refractivity contribution is 6.23. The van der Waals surface area contributed by atoms with Crippen LogP contribution in [0.3, 0.4) is 0 Å². The first kappa shape index (κ1) is 27.3. The Kier molecular flexibility index (Phi) is 6.47. The van der Waals surface area contributed by atoms with Crippen LogP contribution in [0, 0.1) is 6.92 Å². The first-order valence-electron chi connectivity index (χ1n) is 16.4. The summed E-state index contributed by atoms with van der Waals surface area (Å²) in [4.78, 5) is 0. The van der Waals surface area contributed by atoms with Gasteiger partial charge in [0.2, 0.25) is 0 Å². The van der Waals surface area contributed by atoms with Crippen molar-refractivity contribution in [2.24, 2.45) is 0 Å². The van der Waals surface area contributed by atoms with Crippen LogP contribution in [0.2, 0.25) is 0 Å². The molecule has 0 amide bonds. The van der Waals surface area contributed by atoms with Crippen LogP contribution in [-0.4, -0.2) is 0 Å². The Balaban J connectivity index is 1.43. The molecule has 47 heavy (non-hydrogen) atoms. The fourth-order valence-corrected chi connectivity index (χ4v) is 7.54. The third-order valence-corrected chi connectivity index (χ3v) is 9.74. The normalized spacial score (nSPS) is 11.5. The van der Waals surface area contributed by atoms with Crippen molar-refractivity contribution >= 4 is 43.1 Å². The van der Waals surface area contributed by atoms with E-state index in [1.807, 2.05) is 0 Å². The van der Waals surface area contributed by atoms with Gasteiger partial charge in [0.15, 0.2) is 0 Å². The van der Waals surface area contributed by atoms with Crippen molar-refractivity contribution in [3.8, 4) is 44.5 Å². The van der Waals surface area contributed by atoms with Crippen molar-refractivity contribution in [2.75, 3.05) is 0 Å². The number of fused-ring (bicyclic) bond motifs is 4. The maximum absolute atomic E-state index is 2.44. The lowest BCUT2D eigenvalue weighted by Gasteiger charge is -2.21. The molecular weight excluding hydrogens is 565 g/mol. The summed E-state index contributed by atoms with van der Waals surface area (Å²) < 4.78 is 0. The smallest absolute Gasteiger partial charge is 0.00199 e. The van der Waals surface area contributed by atoms with Crippen LogP contribution < -0.4 is 0 Å². The Bertz CT molecular complexity index is 2550. The fraction of sp³-hybridized carbons (Fsp3) is 0.0213. The average molecular weight is 597 g/mol. The molecule has 0 fully saturated rings. The van der Waals surface area contributed by atoms with Crippen molar-refractivity contribution in [1.29, 1.82) is 0 Å². The van der Waals surface area contributed by atoms with Crippen LogP contribution in [0.25, 0.3) is 87.6 Å². The second-order valence-corrected chi connectivity index (χ2v) is 12.5. The highest BCUT2D eigenvalue weighted by Crippen LogP contribution is 2.48. The summed E-state index contributed by atoms with van der Waals surface area (Å²) in [6.07, 6.45) is 0. The second-order valence-electron chi connectivity index (χ2n) is 12.5. The summed E-state index contributed by atoms with van der Waals surface area (Å²) in [6, 6.07) is 64.8. The Morgan fingerprint density at radius 2 is 0.723 bits per heavy atom. The minimum Gasteiger partial charge on any atom is -0.0616 e. The van der Waals surface area contributed by atoms with Crippen molar-refractivity contribution < 1.29 is 0 Å². The van der Waals surface area contributed by atoms with E-state index in [4.69, 9.17) is 0 Å². The van der Waals surface area contributed by atoms with E-state index in [1.165, 1.54) is 93.2 Å². The molecule has 0 spiro atoms. The summed E-state index contributed by atoms with van der Waals surface area (Å²) >= 11 is 0. The van der Waals surface area contributed by atoms with E-state index >= 15 is 0 Å². The molecule has 9 rings (SSSR count). The van der Waals surface area contributed by atoms with Crippen LogP contribution in [0.15, 0.2) is 176 Å². The summed E-state index contributed by atoms with van der Waals surface area (Å²) in [5.41, 5.74) is 11.3. The maximum atomic E-state index is 2.44. The van der Waals surface area contributed by atoms with E-state index in [-0.39, 0.29) is 0 Å². The molecule has 0 nitrogen and oxygen atoms in total. The van der Waals surface area contributed by atoms with E-state index in [9.17, 15) is 0 Å². The molecule has 0 aromatic heterocycles. The molecule has 0 N–H and O–H groups in total. The topological polar surface area (TPSA) is 0 Å². The molecule has 0 aliphatic heterocycles. The van der Waals surface area contributed by atoms with E-state index in [2.05, 4.69) is 183 Å². The van der Waals surface area contributed by atoms with Gasteiger partial charge in [0.05, 0.1) is 0 Å². The molecule has 0 heteroatoms. The van der Waals surface area contributed by atoms with Crippen molar-refractivity contribution in [1.82, 2.24) is 0 Å². The lowest BCUT2D eigenvalue weighted by Crippen LogP contribution is -1.94. The van der Waals surface area contributed by atoms with E-state index in [1.54, 1.807) is 0 Å². The Morgan fingerprint density at radius 3 is 1.32 bits per heavy atom. The van der Waals surface area contributed by atoms with E-state index < -0.39 is 0 Å². The Morgan fingerprint density at radius 1 is 0.277 bits per heavy atom. The van der Waals surface area contributed by atoms with Gasteiger partial charge in [-0.2, -0.15) is 0 Å². The summed E-state index contributed by atoms with van der Waals surface area (Å²) in [6.45, 7) is 2.15. The van der Waals surface area contributed by atoms with Gasteiger partial charge in [-0.25, -0.2) is 0 Å². The Hall–Kier alpha value is -5.98. The molecule has 0 saturated heterocycles. The number of benzene rings is 9. The van der Waals surface area contributed by atoms with Gasteiger partial charge in [0.1, 0.15) is 0 Å². The van der Waals surface area contributed by atoms with Gasteiger partial charge in [-0.1, -0.05) is 175 Å². The van der Waals surface area contributed by atoms with Gasteiger partial charge in [-0.3, -0.25) is 0 Å². The standard InChI is InChI=1S/C47H32/c1-31-24-26-34(27-25-31)46-41-18-6-8-20-43(41)47(44-21-9-7-19-42(44)46)45-30-35(38-22-10-14-32-12-2-4-16-36(32)38)28-29-40(45)39-23-11-15-33-13-3-5-17-37(33)39/h2-30H,1H3. The minimum atomic E-state index is 1.22. The van der Waals surface area contributed by atoms with Gasteiger partial charge in [-0.15, -0.1) is 0 Å². The van der Waals surface area contributed by atoms with Gasteiger partial charge in [0, 0.05) is 0 Å². The highest BCUT2D eigenvalue weighted by atomic mass is 14.2. The largest absolute Gasteiger partial charge is 0.0616 e. The molecule has 0 radical (unpaired) electrons. The Labute approximate surface area is 275 Å². The zero-order valence-electron chi connectivity index (χ0n) is 26.2. The lowest BCUT2D eigenvalue weighted by molar-refractivity contribution is 1.47. The summed E-state index contributed by atoms with van der Waals surface area (Å²) in [5, 5.41) is 10.1. The molecule has 0 aliphatic carbocycles. The quantitative estimate of drug-likeness (QED) is 0.177. The predicted octanol–water partition coefficient (Wildman–Crippen LogP) is 13.3. The van der Waals surface area contributed by atoms with Crippen molar-refractivity contribution in [3.05, 3.63) is 181 Å². The molecule has 220 valence electrons. The van der Waals surface area contributed by atoms with Crippen LogP contribution in [0.5, 0.6) is 0 Å². The molecule has 0 aliphatic rings. The van der Waals surface area contributed by atoms with Gasteiger partial charge >= 0.3 is 0 Å². The molecular formula is C47H32. The fourth-order valence-electron chi connectivity index (χ4n) is 7.54.